The van der Waals surface area contributed by atoms with E-state index in [1.54, 1.807) is 30.1 Å². The van der Waals surface area contributed by atoms with E-state index in [0.717, 1.165) is 60.9 Å². The summed E-state index contributed by atoms with van der Waals surface area (Å²) in [4.78, 5) is 22.8. The maximum absolute atomic E-state index is 5.63. The summed E-state index contributed by atoms with van der Waals surface area (Å²) in [5.41, 5.74) is 1.19. The summed E-state index contributed by atoms with van der Waals surface area (Å²) in [6.45, 7) is 4.19. The summed E-state index contributed by atoms with van der Waals surface area (Å²) in [7, 11) is 0. The Morgan fingerprint density at radius 3 is 2.97 bits per heavy atom. The number of pyridine rings is 1. The van der Waals surface area contributed by atoms with Crippen LogP contribution in [0.15, 0.2) is 41.4 Å². The van der Waals surface area contributed by atoms with Crippen molar-refractivity contribution < 1.29 is 4.52 Å². The molecule has 6 rings (SSSR count). The van der Waals surface area contributed by atoms with E-state index in [-0.39, 0.29) is 0 Å². The van der Waals surface area contributed by atoms with Crippen molar-refractivity contribution in [1.82, 2.24) is 25.1 Å². The van der Waals surface area contributed by atoms with Crippen LogP contribution in [-0.2, 0) is 6.42 Å². The van der Waals surface area contributed by atoms with Gasteiger partial charge >= 0.3 is 0 Å². The highest BCUT2D eigenvalue weighted by Crippen LogP contribution is 2.64. The zero-order valence-corrected chi connectivity index (χ0v) is 17.6. The molecule has 30 heavy (non-hydrogen) atoms. The highest BCUT2D eigenvalue weighted by Gasteiger charge is 2.58. The smallest absolute Gasteiger partial charge is 0.230 e. The molecule has 0 N–H and O–H groups in total. The van der Waals surface area contributed by atoms with E-state index in [0.29, 0.717) is 17.2 Å². The molecule has 0 bridgehead atoms. The standard InChI is InChI=1S/C22H22N6OS/c1-2-15-10-16-19(24-13-25-21(16)30-15)28-8-5-22(6-9-28)11-17(22)20-26-18(27-29-20)14-4-3-7-23-12-14/h3-4,7,10,12-13,17H,2,5-6,8-9,11H2,1H3/t17-/m0/s1. The molecule has 0 amide bonds. The average Bonchev–Trinajstić information content (AvgIpc) is 3.15. The van der Waals surface area contributed by atoms with Crippen molar-refractivity contribution >= 4 is 27.4 Å². The lowest BCUT2D eigenvalue weighted by Gasteiger charge is -2.33. The van der Waals surface area contributed by atoms with Gasteiger partial charge in [-0.15, -0.1) is 11.3 Å². The third-order valence-electron chi connectivity index (χ3n) is 6.62. The monoisotopic (exact) mass is 418 g/mol. The average molecular weight is 419 g/mol. The molecule has 2 aliphatic rings. The van der Waals surface area contributed by atoms with Gasteiger partial charge in [0, 0.05) is 41.8 Å². The van der Waals surface area contributed by atoms with Crippen LogP contribution in [0.5, 0.6) is 0 Å². The Balaban J connectivity index is 1.18. The van der Waals surface area contributed by atoms with Crippen LogP contribution in [0, 0.1) is 5.41 Å². The molecule has 4 aromatic rings. The van der Waals surface area contributed by atoms with Crippen molar-refractivity contribution in [3.8, 4) is 11.4 Å². The van der Waals surface area contributed by atoms with E-state index in [4.69, 9.17) is 4.52 Å². The molecule has 8 heteroatoms. The van der Waals surface area contributed by atoms with Gasteiger partial charge in [-0.05, 0) is 49.3 Å². The van der Waals surface area contributed by atoms with Crippen molar-refractivity contribution in [3.63, 3.8) is 0 Å². The van der Waals surface area contributed by atoms with Gasteiger partial charge < -0.3 is 9.42 Å². The first kappa shape index (κ1) is 17.9. The molecule has 2 fully saturated rings. The Labute approximate surface area is 178 Å². The molecule has 4 aromatic heterocycles. The third kappa shape index (κ3) is 2.89. The molecule has 1 atom stereocenters. The van der Waals surface area contributed by atoms with Crippen molar-refractivity contribution in [1.29, 1.82) is 0 Å². The van der Waals surface area contributed by atoms with E-state index in [1.807, 2.05) is 12.1 Å². The highest BCUT2D eigenvalue weighted by molar-refractivity contribution is 7.18. The Morgan fingerprint density at radius 2 is 2.17 bits per heavy atom. The molecule has 1 saturated heterocycles. The first-order valence-corrected chi connectivity index (χ1v) is 11.3. The first-order chi connectivity index (χ1) is 14.8. The second-order valence-electron chi connectivity index (χ2n) is 8.29. The molecule has 152 valence electrons. The second kappa shape index (κ2) is 6.84. The maximum atomic E-state index is 5.63. The van der Waals surface area contributed by atoms with Gasteiger partial charge in [-0.25, -0.2) is 9.97 Å². The van der Waals surface area contributed by atoms with Crippen molar-refractivity contribution in [3.05, 3.63) is 47.7 Å². The molecular formula is C22H22N6OS. The number of aromatic nitrogens is 5. The SMILES string of the molecule is CCc1cc2c(N3CCC4(CC3)C[C@H]4c3nc(-c4cccnc4)no3)ncnc2s1. The Bertz CT molecular complexity index is 1190. The molecule has 0 unspecified atom stereocenters. The van der Waals surface area contributed by atoms with Gasteiger partial charge in [0.05, 0.1) is 5.39 Å². The van der Waals surface area contributed by atoms with Crippen LogP contribution in [0.25, 0.3) is 21.6 Å². The second-order valence-corrected chi connectivity index (χ2v) is 9.40. The number of rotatable bonds is 4. The van der Waals surface area contributed by atoms with Crippen LogP contribution in [0.1, 0.15) is 42.9 Å². The minimum atomic E-state index is 0.296. The molecule has 0 aromatic carbocycles. The van der Waals surface area contributed by atoms with Gasteiger partial charge in [0.1, 0.15) is 17.0 Å². The Kier molecular flexibility index (Phi) is 4.09. The van der Waals surface area contributed by atoms with Gasteiger partial charge in [0.15, 0.2) is 0 Å². The van der Waals surface area contributed by atoms with Crippen molar-refractivity contribution in [2.75, 3.05) is 18.0 Å². The van der Waals surface area contributed by atoms with Gasteiger partial charge in [-0.3, -0.25) is 4.98 Å². The Hall–Kier alpha value is -2.87. The molecular weight excluding hydrogens is 396 g/mol. The minimum absolute atomic E-state index is 0.296. The van der Waals surface area contributed by atoms with Gasteiger partial charge in [0.2, 0.25) is 11.7 Å². The number of piperidine rings is 1. The van der Waals surface area contributed by atoms with Crippen molar-refractivity contribution in [2.24, 2.45) is 5.41 Å². The van der Waals surface area contributed by atoms with Crippen LogP contribution in [0.3, 0.4) is 0 Å². The fourth-order valence-electron chi connectivity index (χ4n) is 4.72. The van der Waals surface area contributed by atoms with E-state index in [1.165, 1.54) is 10.3 Å². The lowest BCUT2D eigenvalue weighted by atomic mass is 9.90. The Morgan fingerprint density at radius 1 is 1.27 bits per heavy atom. The summed E-state index contributed by atoms with van der Waals surface area (Å²) in [6.07, 6.45) is 9.64. The summed E-state index contributed by atoms with van der Waals surface area (Å²) in [5.74, 6) is 2.86. The summed E-state index contributed by atoms with van der Waals surface area (Å²) >= 11 is 1.78. The van der Waals surface area contributed by atoms with E-state index < -0.39 is 0 Å². The molecule has 1 spiro atoms. The number of thiophene rings is 1. The van der Waals surface area contributed by atoms with Crippen LogP contribution in [0.4, 0.5) is 5.82 Å². The number of anilines is 1. The van der Waals surface area contributed by atoms with E-state index >= 15 is 0 Å². The molecule has 7 nitrogen and oxygen atoms in total. The first-order valence-electron chi connectivity index (χ1n) is 10.5. The zero-order chi connectivity index (χ0) is 20.1. The summed E-state index contributed by atoms with van der Waals surface area (Å²) < 4.78 is 5.63. The summed E-state index contributed by atoms with van der Waals surface area (Å²) in [6, 6.07) is 6.11. The number of nitrogens with zero attached hydrogens (tertiary/aromatic N) is 6. The maximum Gasteiger partial charge on any atom is 0.230 e. The third-order valence-corrected chi connectivity index (χ3v) is 7.80. The fourth-order valence-corrected chi connectivity index (χ4v) is 5.65. The minimum Gasteiger partial charge on any atom is -0.356 e. The van der Waals surface area contributed by atoms with Crippen LogP contribution in [0.2, 0.25) is 0 Å². The predicted molar refractivity (Wildman–Crippen MR) is 116 cm³/mol. The lowest BCUT2D eigenvalue weighted by molar-refractivity contribution is 0.326. The van der Waals surface area contributed by atoms with Gasteiger partial charge in [-0.2, -0.15) is 4.98 Å². The highest BCUT2D eigenvalue weighted by atomic mass is 32.1. The molecule has 1 aliphatic heterocycles. The van der Waals surface area contributed by atoms with Crippen LogP contribution >= 0.6 is 11.3 Å². The summed E-state index contributed by atoms with van der Waals surface area (Å²) in [5, 5.41) is 5.38. The topological polar surface area (TPSA) is 80.8 Å². The molecule has 1 saturated carbocycles. The molecule has 0 radical (unpaired) electrons. The molecule has 1 aliphatic carbocycles. The number of fused-ring (bicyclic) bond motifs is 1. The predicted octanol–water partition coefficient (Wildman–Crippen LogP) is 4.47. The van der Waals surface area contributed by atoms with E-state index in [9.17, 15) is 0 Å². The largest absolute Gasteiger partial charge is 0.356 e. The van der Waals surface area contributed by atoms with E-state index in [2.05, 4.69) is 43.0 Å². The quantitative estimate of drug-likeness (QED) is 0.483. The van der Waals surface area contributed by atoms with Crippen molar-refractivity contribution in [2.45, 2.75) is 38.5 Å². The van der Waals surface area contributed by atoms with Crippen LogP contribution < -0.4 is 4.90 Å². The van der Waals surface area contributed by atoms with Crippen LogP contribution in [-0.4, -0.2) is 38.2 Å². The fraction of sp³-hybridized carbons (Fsp3) is 0.409. The molecule has 5 heterocycles. The lowest BCUT2D eigenvalue weighted by Crippen LogP contribution is -2.35. The normalized spacial score (nSPS) is 20.2. The number of hydrogen-bond acceptors (Lipinski definition) is 8. The number of aryl methyl sites for hydroxylation is 1. The van der Waals surface area contributed by atoms with Gasteiger partial charge in [-0.1, -0.05) is 12.1 Å². The number of hydrogen-bond donors (Lipinski definition) is 0. The zero-order valence-electron chi connectivity index (χ0n) is 16.8. The van der Waals surface area contributed by atoms with Gasteiger partial charge in [0.25, 0.3) is 0 Å².